The first kappa shape index (κ1) is 53.7. The average molecular weight is 808 g/mol. The van der Waals surface area contributed by atoms with Gasteiger partial charge in [-0.3, -0.25) is 18.6 Å². The van der Waals surface area contributed by atoms with E-state index < -0.39 is 32.5 Å². The molecule has 0 bridgehead atoms. The smallest absolute Gasteiger partial charge is 0.462 e. The van der Waals surface area contributed by atoms with E-state index in [4.69, 9.17) is 18.5 Å². The molecule has 0 saturated heterocycles. The zero-order chi connectivity index (χ0) is 41.1. The summed E-state index contributed by atoms with van der Waals surface area (Å²) in [6, 6.07) is 0. The van der Waals surface area contributed by atoms with E-state index in [9.17, 15) is 19.0 Å². The zero-order valence-electron chi connectivity index (χ0n) is 35.8. The molecule has 56 heavy (non-hydrogen) atoms. The summed E-state index contributed by atoms with van der Waals surface area (Å²) < 4.78 is 33.2. The molecule has 10 heteroatoms. The number of carbonyl (C=O) groups excluding carboxylic acids is 2. The minimum absolute atomic E-state index is 0.0238. The first-order valence-electron chi connectivity index (χ1n) is 22.2. The largest absolute Gasteiger partial charge is 0.472 e. The van der Waals surface area contributed by atoms with Gasteiger partial charge in [0.15, 0.2) is 6.10 Å². The molecule has 0 aromatic rings. The summed E-state index contributed by atoms with van der Waals surface area (Å²) in [4.78, 5) is 35.1. The Morgan fingerprint density at radius 2 is 1.02 bits per heavy atom. The van der Waals surface area contributed by atoms with E-state index in [-0.39, 0.29) is 26.1 Å². The maximum absolute atomic E-state index is 12.6. The van der Waals surface area contributed by atoms with Crippen molar-refractivity contribution >= 4 is 19.8 Å². The summed E-state index contributed by atoms with van der Waals surface area (Å²) in [7, 11) is -2.66. The first-order valence-corrected chi connectivity index (χ1v) is 23.7. The molecule has 0 saturated carbocycles. The van der Waals surface area contributed by atoms with Crippen LogP contribution in [0.4, 0.5) is 0 Å². The molecule has 0 aliphatic rings. The van der Waals surface area contributed by atoms with Crippen LogP contribution in [-0.4, -0.2) is 56.3 Å². The van der Waals surface area contributed by atoms with Crippen molar-refractivity contribution in [3.63, 3.8) is 0 Å². The van der Waals surface area contributed by atoms with Crippen LogP contribution in [0.5, 0.6) is 0 Å². The molecule has 2 atom stereocenters. The van der Waals surface area contributed by atoms with Crippen molar-refractivity contribution in [3.05, 3.63) is 60.8 Å². The Hall–Kier alpha value is -2.29. The third kappa shape index (κ3) is 41.3. The fourth-order valence-corrected chi connectivity index (χ4v) is 6.57. The van der Waals surface area contributed by atoms with Crippen molar-refractivity contribution in [1.29, 1.82) is 0 Å². The van der Waals surface area contributed by atoms with Crippen molar-refractivity contribution in [2.45, 2.75) is 187 Å². The molecule has 0 aliphatic heterocycles. The number of carbonyl (C=O) groups is 2. The van der Waals surface area contributed by atoms with Crippen molar-refractivity contribution in [3.8, 4) is 0 Å². The molecule has 0 fully saturated rings. The van der Waals surface area contributed by atoms with Crippen LogP contribution in [0.25, 0.3) is 0 Å². The highest BCUT2D eigenvalue weighted by Crippen LogP contribution is 2.43. The van der Waals surface area contributed by atoms with Crippen LogP contribution in [-0.2, 0) is 32.7 Å². The summed E-state index contributed by atoms with van der Waals surface area (Å²) in [5, 5.41) is 2.82. The fraction of sp³-hybridized carbons (Fsp3) is 0.739. The minimum Gasteiger partial charge on any atom is -0.462 e. The number of allylic oxidation sites excluding steroid dienone is 10. The van der Waals surface area contributed by atoms with E-state index in [0.29, 0.717) is 19.4 Å². The van der Waals surface area contributed by atoms with E-state index in [1.165, 1.54) is 77.0 Å². The summed E-state index contributed by atoms with van der Waals surface area (Å²) in [6.07, 6.45) is 48.3. The maximum atomic E-state index is 12.6. The highest BCUT2D eigenvalue weighted by molar-refractivity contribution is 7.47. The maximum Gasteiger partial charge on any atom is 0.472 e. The molecule has 0 rings (SSSR count). The molecule has 0 radical (unpaired) electrons. The van der Waals surface area contributed by atoms with Crippen LogP contribution in [0.15, 0.2) is 60.8 Å². The van der Waals surface area contributed by atoms with E-state index >= 15 is 0 Å². The number of ether oxygens (including phenoxy) is 2. The third-order valence-corrected chi connectivity index (χ3v) is 10.1. The molecule has 2 N–H and O–H groups in total. The first-order chi connectivity index (χ1) is 27.3. The Kier molecular flexibility index (Phi) is 40.6. The number of rotatable bonds is 41. The van der Waals surface area contributed by atoms with Gasteiger partial charge in [0, 0.05) is 19.4 Å². The lowest BCUT2D eigenvalue weighted by Crippen LogP contribution is -2.29. The predicted molar refractivity (Wildman–Crippen MR) is 234 cm³/mol. The van der Waals surface area contributed by atoms with Crippen molar-refractivity contribution in [2.24, 2.45) is 0 Å². The number of nitrogens with one attached hydrogen (secondary N) is 1. The number of unbranched alkanes of at least 4 members (excludes halogenated alkanes) is 17. The van der Waals surface area contributed by atoms with Gasteiger partial charge in [-0.2, -0.15) is 0 Å². The lowest BCUT2D eigenvalue weighted by atomic mass is 10.0. The van der Waals surface area contributed by atoms with Crippen LogP contribution in [0.3, 0.4) is 0 Å². The second kappa shape index (κ2) is 42.3. The van der Waals surface area contributed by atoms with Crippen LogP contribution in [0, 0.1) is 0 Å². The molecule has 9 nitrogen and oxygen atoms in total. The molecular weight excluding hydrogens is 725 g/mol. The average Bonchev–Trinajstić information content (AvgIpc) is 3.18. The lowest BCUT2D eigenvalue weighted by Gasteiger charge is -2.20. The topological polar surface area (TPSA) is 120 Å². The quantitative estimate of drug-likeness (QED) is 0.0269. The number of likely N-dealkylation sites (N-methyl/N-ethyl adjacent to an activating group) is 1. The van der Waals surface area contributed by atoms with Gasteiger partial charge >= 0.3 is 19.8 Å². The number of hydrogen-bond acceptors (Lipinski definition) is 8. The Morgan fingerprint density at radius 1 is 0.571 bits per heavy atom. The summed E-state index contributed by atoms with van der Waals surface area (Å²) >= 11 is 0. The number of esters is 2. The second-order valence-corrected chi connectivity index (χ2v) is 16.0. The van der Waals surface area contributed by atoms with Crippen LogP contribution < -0.4 is 5.32 Å². The van der Waals surface area contributed by atoms with E-state index in [0.717, 1.165) is 64.2 Å². The van der Waals surface area contributed by atoms with E-state index in [1.54, 1.807) is 7.05 Å². The van der Waals surface area contributed by atoms with Gasteiger partial charge in [-0.15, -0.1) is 0 Å². The van der Waals surface area contributed by atoms with Gasteiger partial charge < -0.3 is 19.7 Å². The van der Waals surface area contributed by atoms with Crippen molar-refractivity contribution < 1.29 is 37.6 Å². The number of phosphoric acid groups is 1. The Balaban J connectivity index is 4.27. The molecule has 0 aromatic heterocycles. The molecule has 0 heterocycles. The Bertz CT molecular complexity index is 1100. The Labute approximate surface area is 342 Å². The van der Waals surface area contributed by atoms with Gasteiger partial charge in [0.05, 0.1) is 13.2 Å². The van der Waals surface area contributed by atoms with Gasteiger partial charge in [0.2, 0.25) is 0 Å². The molecule has 324 valence electrons. The standard InChI is InChI=1S/C46H82NO8P/c1-4-6-8-10-12-14-16-18-20-21-22-23-25-26-28-30-32-34-36-38-45(48)52-42-44(43-54-56(50,51)53-41-40-47-3)55-46(49)39-37-35-33-31-29-27-24-19-17-15-13-11-9-7-5-2/h6,8,12,14,18,20,22-23,26,28,44,47H,4-5,7,9-11,13,15-17,19,21,24-25,27,29-43H2,1-3H3,(H,50,51)/b8-6-,14-12-,20-18-,23-22-,28-26-. The summed E-state index contributed by atoms with van der Waals surface area (Å²) in [5.41, 5.74) is 0. The number of phosphoric ester groups is 1. The lowest BCUT2D eigenvalue weighted by molar-refractivity contribution is -0.161. The van der Waals surface area contributed by atoms with Gasteiger partial charge in [0.25, 0.3) is 0 Å². The minimum atomic E-state index is -4.36. The van der Waals surface area contributed by atoms with Gasteiger partial charge in [-0.1, -0.05) is 171 Å². The van der Waals surface area contributed by atoms with E-state index in [1.807, 2.05) is 0 Å². The second-order valence-electron chi connectivity index (χ2n) is 14.5. The molecule has 0 aliphatic carbocycles. The zero-order valence-corrected chi connectivity index (χ0v) is 36.7. The molecule has 0 aromatic carbocycles. The highest BCUT2D eigenvalue weighted by atomic mass is 31.2. The molecular formula is C46H82NO8P. The normalized spacial score (nSPS) is 13.9. The fourth-order valence-electron chi connectivity index (χ4n) is 5.81. The van der Waals surface area contributed by atoms with E-state index in [2.05, 4.69) is 79.9 Å². The van der Waals surface area contributed by atoms with Gasteiger partial charge in [0.1, 0.15) is 6.61 Å². The summed E-state index contributed by atoms with van der Waals surface area (Å²) in [5.74, 6) is -0.843. The summed E-state index contributed by atoms with van der Waals surface area (Å²) in [6.45, 7) is 4.08. The highest BCUT2D eigenvalue weighted by Gasteiger charge is 2.26. The third-order valence-electron chi connectivity index (χ3n) is 9.15. The van der Waals surface area contributed by atoms with Gasteiger partial charge in [-0.05, 0) is 64.8 Å². The van der Waals surface area contributed by atoms with Crippen LogP contribution in [0.1, 0.15) is 181 Å². The van der Waals surface area contributed by atoms with Crippen LogP contribution in [0.2, 0.25) is 0 Å². The molecule has 0 spiro atoms. The van der Waals surface area contributed by atoms with Gasteiger partial charge in [-0.25, -0.2) is 4.57 Å². The SMILES string of the molecule is CC/C=C\C/C=C\C/C=C\C/C=C\C/C=C\CCCCCC(=O)OCC(COP(=O)(O)OCCNC)OC(=O)CCCCCCCCCCCCCCCCC. The molecule has 0 amide bonds. The monoisotopic (exact) mass is 808 g/mol. The predicted octanol–water partition coefficient (Wildman–Crippen LogP) is 12.8. The Morgan fingerprint density at radius 3 is 1.52 bits per heavy atom. The number of hydrogen-bond donors (Lipinski definition) is 2. The van der Waals surface area contributed by atoms with Crippen molar-refractivity contribution in [1.82, 2.24) is 5.32 Å². The van der Waals surface area contributed by atoms with Crippen molar-refractivity contribution in [2.75, 3.05) is 33.4 Å². The molecule has 2 unspecified atom stereocenters. The van der Waals surface area contributed by atoms with Crippen LogP contribution >= 0.6 is 7.82 Å².